The summed E-state index contributed by atoms with van der Waals surface area (Å²) in [5.74, 6) is 1.48. The smallest absolute Gasteiger partial charge is 0.0406 e. The molecule has 1 aliphatic heterocycles. The van der Waals surface area contributed by atoms with Crippen LogP contribution in [-0.4, -0.2) is 31.1 Å². The van der Waals surface area contributed by atoms with E-state index in [1.807, 2.05) is 12.1 Å². The molecule has 1 radical (unpaired) electrons. The molecule has 1 aliphatic rings. The fourth-order valence-electron chi connectivity index (χ4n) is 3.00. The Kier molecular flexibility index (Phi) is 4.88. The lowest BCUT2D eigenvalue weighted by atomic mass is 9.73. The second-order valence-electron chi connectivity index (χ2n) is 5.97. The number of rotatable bonds is 4. The van der Waals surface area contributed by atoms with E-state index >= 15 is 0 Å². The third-order valence-corrected chi connectivity index (χ3v) is 4.45. The lowest BCUT2D eigenvalue weighted by Crippen LogP contribution is -2.47. The number of likely N-dealkylation sites (tertiary alicyclic amines) is 1. The van der Waals surface area contributed by atoms with Crippen molar-refractivity contribution in [1.82, 2.24) is 4.90 Å². The molecule has 2 N–H and O–H groups in total. The van der Waals surface area contributed by atoms with Gasteiger partial charge in [0.25, 0.3) is 0 Å². The van der Waals surface area contributed by atoms with Crippen molar-refractivity contribution in [2.45, 2.75) is 32.1 Å². The normalized spacial score (nSPS) is 19.8. The first-order chi connectivity index (χ1) is 9.05. The molecule has 1 heterocycles. The van der Waals surface area contributed by atoms with E-state index in [1.165, 1.54) is 11.5 Å². The van der Waals surface area contributed by atoms with Crippen LogP contribution in [-0.2, 0) is 5.41 Å². The van der Waals surface area contributed by atoms with Gasteiger partial charge < -0.3 is 10.6 Å². The highest BCUT2D eigenvalue weighted by molar-refractivity contribution is 6.30. The zero-order valence-electron chi connectivity index (χ0n) is 12.0. The number of piperidine rings is 1. The average molecular weight is 280 g/mol. The van der Waals surface area contributed by atoms with Crippen LogP contribution in [0, 0.1) is 5.92 Å². The molecule has 0 aromatic heterocycles. The molecule has 19 heavy (non-hydrogen) atoms. The van der Waals surface area contributed by atoms with Crippen molar-refractivity contribution >= 4 is 11.6 Å². The van der Waals surface area contributed by atoms with E-state index in [1.54, 1.807) is 0 Å². The molecule has 0 bridgehead atoms. The molecule has 0 saturated carbocycles. The molecule has 0 amide bonds. The number of hydrogen-bond acceptors (Lipinski definition) is 2. The minimum atomic E-state index is 0.142. The highest BCUT2D eigenvalue weighted by Gasteiger charge is 2.34. The molecule has 1 fully saturated rings. The van der Waals surface area contributed by atoms with Gasteiger partial charge >= 0.3 is 0 Å². The summed E-state index contributed by atoms with van der Waals surface area (Å²) >= 11 is 5.98. The Morgan fingerprint density at radius 3 is 2.26 bits per heavy atom. The Morgan fingerprint density at radius 1 is 1.21 bits per heavy atom. The molecule has 1 saturated heterocycles. The van der Waals surface area contributed by atoms with Crippen LogP contribution in [0.4, 0.5) is 0 Å². The summed E-state index contributed by atoms with van der Waals surface area (Å²) in [5, 5.41) is 0.796. The summed E-state index contributed by atoms with van der Waals surface area (Å²) in [5.41, 5.74) is 7.58. The Hall–Kier alpha value is -0.570. The molecule has 1 aromatic carbocycles. The van der Waals surface area contributed by atoms with Gasteiger partial charge in [0.15, 0.2) is 0 Å². The second-order valence-corrected chi connectivity index (χ2v) is 6.41. The van der Waals surface area contributed by atoms with Crippen LogP contribution in [0.15, 0.2) is 24.3 Å². The van der Waals surface area contributed by atoms with Gasteiger partial charge in [0, 0.05) is 23.5 Å². The second kappa shape index (κ2) is 6.25. The predicted octanol–water partition coefficient (Wildman–Crippen LogP) is 3.25. The van der Waals surface area contributed by atoms with Crippen LogP contribution in [0.3, 0.4) is 0 Å². The third-order valence-electron chi connectivity index (χ3n) is 4.20. The number of nitrogens with two attached hydrogens (primary N) is 1. The monoisotopic (exact) mass is 279 g/mol. The van der Waals surface area contributed by atoms with E-state index in [0.717, 1.165) is 44.0 Å². The van der Waals surface area contributed by atoms with Gasteiger partial charge in [-0.15, -0.1) is 0 Å². The van der Waals surface area contributed by atoms with Crippen molar-refractivity contribution in [1.29, 1.82) is 0 Å². The van der Waals surface area contributed by atoms with Crippen molar-refractivity contribution in [3.05, 3.63) is 40.8 Å². The standard InChI is InChI=1S/C16H24ClN2/c1-13(2)11-19-9-7-16(12-18,8-10-19)14-3-5-15(17)6-4-14/h3-6H,7-12,18H2,1-2H3. The summed E-state index contributed by atoms with van der Waals surface area (Å²) in [7, 11) is 0. The summed E-state index contributed by atoms with van der Waals surface area (Å²) in [4.78, 5) is 2.53. The Balaban J connectivity index is 2.07. The Bertz CT molecular complexity index is 392. The largest absolute Gasteiger partial charge is 0.330 e. The van der Waals surface area contributed by atoms with E-state index in [0.29, 0.717) is 0 Å². The van der Waals surface area contributed by atoms with Crippen LogP contribution >= 0.6 is 11.6 Å². The third kappa shape index (κ3) is 3.50. The topological polar surface area (TPSA) is 29.3 Å². The van der Waals surface area contributed by atoms with Gasteiger partial charge in [0.1, 0.15) is 0 Å². The maximum absolute atomic E-state index is 6.10. The van der Waals surface area contributed by atoms with Crippen molar-refractivity contribution in [3.63, 3.8) is 0 Å². The maximum Gasteiger partial charge on any atom is 0.0406 e. The fourth-order valence-corrected chi connectivity index (χ4v) is 3.13. The van der Waals surface area contributed by atoms with E-state index in [9.17, 15) is 0 Å². The van der Waals surface area contributed by atoms with Gasteiger partial charge in [-0.25, -0.2) is 0 Å². The molecular weight excluding hydrogens is 256 g/mol. The molecule has 0 spiro atoms. The number of benzene rings is 1. The van der Waals surface area contributed by atoms with Gasteiger partial charge in [-0.1, -0.05) is 37.6 Å². The molecule has 2 nitrogen and oxygen atoms in total. The molecule has 0 unspecified atom stereocenters. The molecule has 105 valence electrons. The van der Waals surface area contributed by atoms with E-state index in [2.05, 4.69) is 30.9 Å². The number of nitrogens with zero attached hydrogens (tertiary/aromatic N) is 1. The average Bonchev–Trinajstić information content (AvgIpc) is 2.40. The Labute approximate surface area is 121 Å². The molecule has 3 heteroatoms. The first kappa shape index (κ1) is 14.8. The molecule has 0 atom stereocenters. The number of halogens is 1. The highest BCUT2D eigenvalue weighted by atomic mass is 35.5. The SMILES string of the molecule is C[C](C)CN1CCC(CN)(c2ccc(Cl)cc2)CC1. The summed E-state index contributed by atoms with van der Waals surface area (Å²) in [6.07, 6.45) is 2.27. The van der Waals surface area contributed by atoms with Crippen molar-refractivity contribution < 1.29 is 0 Å². The van der Waals surface area contributed by atoms with Crippen LogP contribution in [0.1, 0.15) is 32.3 Å². The highest BCUT2D eigenvalue weighted by Crippen LogP contribution is 2.35. The van der Waals surface area contributed by atoms with Crippen LogP contribution < -0.4 is 5.73 Å². The van der Waals surface area contributed by atoms with Gasteiger partial charge in [0.05, 0.1) is 0 Å². The summed E-state index contributed by atoms with van der Waals surface area (Å²) in [6.45, 7) is 8.49. The van der Waals surface area contributed by atoms with Crippen LogP contribution in [0.5, 0.6) is 0 Å². The molecular formula is C16H24ClN2. The van der Waals surface area contributed by atoms with Gasteiger partial charge in [-0.2, -0.15) is 0 Å². The molecule has 0 aliphatic carbocycles. The summed E-state index contributed by atoms with van der Waals surface area (Å²) < 4.78 is 0. The summed E-state index contributed by atoms with van der Waals surface area (Å²) in [6, 6.07) is 8.24. The number of hydrogen-bond donors (Lipinski definition) is 1. The minimum absolute atomic E-state index is 0.142. The fraction of sp³-hybridized carbons (Fsp3) is 0.562. The minimum Gasteiger partial charge on any atom is -0.330 e. The van der Waals surface area contributed by atoms with Gasteiger partial charge in [-0.05, 0) is 49.5 Å². The van der Waals surface area contributed by atoms with Crippen LogP contribution in [0.25, 0.3) is 0 Å². The van der Waals surface area contributed by atoms with Crippen molar-refractivity contribution in [3.8, 4) is 0 Å². The van der Waals surface area contributed by atoms with Crippen LogP contribution in [0.2, 0.25) is 5.02 Å². The molecule has 2 rings (SSSR count). The lowest BCUT2D eigenvalue weighted by Gasteiger charge is -2.42. The first-order valence-electron chi connectivity index (χ1n) is 7.03. The quantitative estimate of drug-likeness (QED) is 0.917. The first-order valence-corrected chi connectivity index (χ1v) is 7.41. The van der Waals surface area contributed by atoms with Crippen molar-refractivity contribution in [2.75, 3.05) is 26.2 Å². The molecule has 1 aromatic rings. The van der Waals surface area contributed by atoms with Gasteiger partial charge in [-0.3, -0.25) is 0 Å². The van der Waals surface area contributed by atoms with E-state index in [-0.39, 0.29) is 5.41 Å². The predicted molar refractivity (Wildman–Crippen MR) is 82.4 cm³/mol. The van der Waals surface area contributed by atoms with Crippen molar-refractivity contribution in [2.24, 2.45) is 5.73 Å². The van der Waals surface area contributed by atoms with E-state index in [4.69, 9.17) is 17.3 Å². The van der Waals surface area contributed by atoms with Gasteiger partial charge in [0.2, 0.25) is 0 Å². The Morgan fingerprint density at radius 2 is 1.79 bits per heavy atom. The van der Waals surface area contributed by atoms with E-state index < -0.39 is 0 Å². The maximum atomic E-state index is 6.10. The zero-order chi connectivity index (χ0) is 13.9. The lowest BCUT2D eigenvalue weighted by molar-refractivity contribution is 0.167. The zero-order valence-corrected chi connectivity index (χ0v) is 12.7.